The number of fused-ring (bicyclic) bond motifs is 1. The van der Waals surface area contributed by atoms with Gasteiger partial charge in [-0.15, -0.1) is 0 Å². The molecule has 0 bridgehead atoms. The Balaban J connectivity index is 1.79. The van der Waals surface area contributed by atoms with E-state index in [1.807, 2.05) is 11.7 Å². The maximum atomic E-state index is 4.59. The summed E-state index contributed by atoms with van der Waals surface area (Å²) in [7, 11) is 2.00. The molecule has 2 saturated heterocycles. The summed E-state index contributed by atoms with van der Waals surface area (Å²) < 4.78 is 1.91. The smallest absolute Gasteiger partial charge is 0.150 e. The first kappa shape index (κ1) is 12.0. The third-order valence-electron chi connectivity index (χ3n) is 4.51. The van der Waals surface area contributed by atoms with Crippen LogP contribution in [-0.4, -0.2) is 46.4 Å². The molecule has 0 N–H and O–H groups in total. The van der Waals surface area contributed by atoms with E-state index in [2.05, 4.69) is 34.1 Å². The van der Waals surface area contributed by atoms with Gasteiger partial charge in [0.05, 0.1) is 0 Å². The highest BCUT2D eigenvalue weighted by molar-refractivity contribution is 5.40. The molecule has 1 aromatic rings. The van der Waals surface area contributed by atoms with Crippen LogP contribution in [0.25, 0.3) is 0 Å². The molecule has 0 saturated carbocycles. The average Bonchev–Trinajstić information content (AvgIpc) is 2.83. The number of aryl methyl sites for hydroxylation is 1. The molecule has 100 valence electrons. The Kier molecular flexibility index (Phi) is 3.29. The van der Waals surface area contributed by atoms with Crippen LogP contribution in [0.1, 0.15) is 32.6 Å². The molecule has 1 aromatic heterocycles. The van der Waals surface area contributed by atoms with Gasteiger partial charge in [0.15, 0.2) is 5.82 Å². The van der Waals surface area contributed by atoms with Crippen molar-refractivity contribution in [3.63, 3.8) is 0 Å². The van der Waals surface area contributed by atoms with Crippen molar-refractivity contribution in [3.8, 4) is 0 Å². The standard InChI is InChI=1S/C14H24N4/c1-3-12-10-17-8-5-4-6-13(17)11-18(12)14-7-9-16(2)15-14/h7,9,12-13H,3-6,8,10-11H2,1-2H3. The van der Waals surface area contributed by atoms with Crippen molar-refractivity contribution >= 4 is 5.82 Å². The molecule has 3 heterocycles. The Hall–Kier alpha value is -1.03. The maximum absolute atomic E-state index is 4.59. The van der Waals surface area contributed by atoms with Crippen LogP contribution >= 0.6 is 0 Å². The van der Waals surface area contributed by atoms with E-state index in [1.165, 1.54) is 38.8 Å². The molecule has 4 nitrogen and oxygen atoms in total. The van der Waals surface area contributed by atoms with E-state index in [-0.39, 0.29) is 0 Å². The van der Waals surface area contributed by atoms with Crippen LogP contribution in [0, 0.1) is 0 Å². The van der Waals surface area contributed by atoms with Crippen molar-refractivity contribution < 1.29 is 0 Å². The first-order valence-electron chi connectivity index (χ1n) is 7.28. The topological polar surface area (TPSA) is 24.3 Å². The van der Waals surface area contributed by atoms with Crippen molar-refractivity contribution in [1.82, 2.24) is 14.7 Å². The Labute approximate surface area is 110 Å². The van der Waals surface area contributed by atoms with Gasteiger partial charge in [-0.1, -0.05) is 13.3 Å². The van der Waals surface area contributed by atoms with Crippen LogP contribution in [-0.2, 0) is 7.05 Å². The van der Waals surface area contributed by atoms with Gasteiger partial charge in [-0.2, -0.15) is 5.10 Å². The fourth-order valence-corrected chi connectivity index (χ4v) is 3.44. The lowest BCUT2D eigenvalue weighted by Gasteiger charge is -2.48. The summed E-state index contributed by atoms with van der Waals surface area (Å²) in [5.41, 5.74) is 0. The second kappa shape index (κ2) is 4.92. The highest BCUT2D eigenvalue weighted by Crippen LogP contribution is 2.28. The van der Waals surface area contributed by atoms with Crippen LogP contribution < -0.4 is 4.90 Å². The van der Waals surface area contributed by atoms with Gasteiger partial charge in [0.25, 0.3) is 0 Å². The fourth-order valence-electron chi connectivity index (χ4n) is 3.44. The zero-order valence-corrected chi connectivity index (χ0v) is 11.5. The number of rotatable bonds is 2. The molecule has 2 aliphatic heterocycles. The summed E-state index contributed by atoms with van der Waals surface area (Å²) in [5.74, 6) is 1.16. The molecule has 0 radical (unpaired) electrons. The van der Waals surface area contributed by atoms with Crippen LogP contribution in [0.15, 0.2) is 12.3 Å². The van der Waals surface area contributed by atoms with Gasteiger partial charge in [0.1, 0.15) is 0 Å². The predicted octanol–water partition coefficient (Wildman–Crippen LogP) is 1.87. The van der Waals surface area contributed by atoms with Gasteiger partial charge < -0.3 is 4.90 Å². The monoisotopic (exact) mass is 248 g/mol. The van der Waals surface area contributed by atoms with E-state index < -0.39 is 0 Å². The van der Waals surface area contributed by atoms with Gasteiger partial charge in [-0.05, 0) is 25.8 Å². The number of nitrogens with zero attached hydrogens (tertiary/aromatic N) is 4. The van der Waals surface area contributed by atoms with E-state index in [1.54, 1.807) is 0 Å². The molecular formula is C14H24N4. The molecule has 4 heteroatoms. The van der Waals surface area contributed by atoms with Gasteiger partial charge in [-0.25, -0.2) is 0 Å². The van der Waals surface area contributed by atoms with Crippen molar-refractivity contribution in [2.75, 3.05) is 24.5 Å². The second-order valence-electron chi connectivity index (χ2n) is 5.71. The summed E-state index contributed by atoms with van der Waals surface area (Å²) in [6.07, 6.45) is 7.40. The molecule has 2 fully saturated rings. The van der Waals surface area contributed by atoms with E-state index in [0.717, 1.165) is 18.4 Å². The first-order chi connectivity index (χ1) is 8.78. The molecule has 3 rings (SSSR count). The molecule has 2 unspecified atom stereocenters. The summed E-state index contributed by atoms with van der Waals surface area (Å²) >= 11 is 0. The lowest BCUT2D eigenvalue weighted by Crippen LogP contribution is -2.59. The minimum atomic E-state index is 0.634. The third-order valence-corrected chi connectivity index (χ3v) is 4.51. The summed E-state index contributed by atoms with van der Waals surface area (Å²) in [6, 6.07) is 3.54. The average molecular weight is 248 g/mol. The zero-order valence-electron chi connectivity index (χ0n) is 11.5. The van der Waals surface area contributed by atoms with Gasteiger partial charge in [-0.3, -0.25) is 9.58 Å². The number of piperazine rings is 1. The highest BCUT2D eigenvalue weighted by atomic mass is 15.4. The number of aromatic nitrogens is 2. The second-order valence-corrected chi connectivity index (χ2v) is 5.71. The Bertz CT molecular complexity index is 400. The van der Waals surface area contributed by atoms with Crippen molar-refractivity contribution in [2.24, 2.45) is 7.05 Å². The minimum absolute atomic E-state index is 0.634. The number of hydrogen-bond acceptors (Lipinski definition) is 3. The van der Waals surface area contributed by atoms with Gasteiger partial charge in [0.2, 0.25) is 0 Å². The first-order valence-corrected chi connectivity index (χ1v) is 7.28. The number of anilines is 1. The predicted molar refractivity (Wildman–Crippen MR) is 73.8 cm³/mol. The SMILES string of the molecule is CCC1CN2CCCCC2CN1c1ccn(C)n1. The quantitative estimate of drug-likeness (QED) is 0.798. The summed E-state index contributed by atoms with van der Waals surface area (Å²) in [5, 5.41) is 4.59. The minimum Gasteiger partial charge on any atom is -0.349 e. The largest absolute Gasteiger partial charge is 0.349 e. The molecule has 2 atom stereocenters. The van der Waals surface area contributed by atoms with E-state index in [9.17, 15) is 0 Å². The van der Waals surface area contributed by atoms with Crippen LogP contribution in [0.5, 0.6) is 0 Å². The van der Waals surface area contributed by atoms with Gasteiger partial charge >= 0.3 is 0 Å². The maximum Gasteiger partial charge on any atom is 0.150 e. The summed E-state index contributed by atoms with van der Waals surface area (Å²) in [4.78, 5) is 5.24. The lowest BCUT2D eigenvalue weighted by atomic mass is 9.96. The van der Waals surface area contributed by atoms with Crippen LogP contribution in [0.2, 0.25) is 0 Å². The number of piperidine rings is 1. The highest BCUT2D eigenvalue weighted by Gasteiger charge is 2.34. The zero-order chi connectivity index (χ0) is 12.5. The molecule has 18 heavy (non-hydrogen) atoms. The van der Waals surface area contributed by atoms with Crippen molar-refractivity contribution in [1.29, 1.82) is 0 Å². The Morgan fingerprint density at radius 3 is 2.94 bits per heavy atom. The Morgan fingerprint density at radius 1 is 1.33 bits per heavy atom. The fraction of sp³-hybridized carbons (Fsp3) is 0.786. The molecule has 0 aromatic carbocycles. The van der Waals surface area contributed by atoms with E-state index in [4.69, 9.17) is 0 Å². The van der Waals surface area contributed by atoms with Gasteiger partial charge in [0, 0.05) is 44.5 Å². The molecule has 0 spiro atoms. The molecule has 0 amide bonds. The summed E-state index contributed by atoms with van der Waals surface area (Å²) in [6.45, 7) is 5.98. The van der Waals surface area contributed by atoms with E-state index in [0.29, 0.717) is 6.04 Å². The normalized spacial score (nSPS) is 29.3. The van der Waals surface area contributed by atoms with Crippen molar-refractivity contribution in [3.05, 3.63) is 12.3 Å². The van der Waals surface area contributed by atoms with Crippen LogP contribution in [0.3, 0.4) is 0 Å². The van der Waals surface area contributed by atoms with Crippen molar-refractivity contribution in [2.45, 2.75) is 44.7 Å². The lowest BCUT2D eigenvalue weighted by molar-refractivity contribution is 0.110. The number of hydrogen-bond donors (Lipinski definition) is 0. The van der Waals surface area contributed by atoms with E-state index >= 15 is 0 Å². The molecular weight excluding hydrogens is 224 g/mol. The Morgan fingerprint density at radius 2 is 2.22 bits per heavy atom. The van der Waals surface area contributed by atoms with Crippen LogP contribution in [0.4, 0.5) is 5.82 Å². The molecule has 2 aliphatic rings. The molecule has 0 aliphatic carbocycles. The third kappa shape index (κ3) is 2.14.